The number of carbonyl (C=O) groups excluding carboxylic acids is 1. The van der Waals surface area contributed by atoms with Crippen LogP contribution in [0.1, 0.15) is 53.6 Å². The molecule has 21 heavy (non-hydrogen) atoms. The number of nitrogens with zero attached hydrogens (tertiary/aromatic N) is 1. The first kappa shape index (κ1) is 14.6. The number of hydrogen-bond donors (Lipinski definition) is 1. The SMILES string of the molecule is Cc1cccc(C)c1C(=O)N[C@@H]1CCC[C@@H]1N1CCCC1. The third-order valence-electron chi connectivity index (χ3n) is 5.11. The largest absolute Gasteiger partial charge is 0.348 e. The molecule has 2 fully saturated rings. The summed E-state index contributed by atoms with van der Waals surface area (Å²) in [7, 11) is 0. The summed E-state index contributed by atoms with van der Waals surface area (Å²) < 4.78 is 0. The van der Waals surface area contributed by atoms with Gasteiger partial charge >= 0.3 is 0 Å². The summed E-state index contributed by atoms with van der Waals surface area (Å²) in [6.07, 6.45) is 6.22. The lowest BCUT2D eigenvalue weighted by atomic mass is 10.0. The Hall–Kier alpha value is -1.35. The molecule has 1 N–H and O–H groups in total. The topological polar surface area (TPSA) is 32.3 Å². The lowest BCUT2D eigenvalue weighted by Crippen LogP contribution is -2.48. The van der Waals surface area contributed by atoms with Crippen LogP contribution < -0.4 is 5.32 Å². The number of likely N-dealkylation sites (tertiary alicyclic amines) is 1. The lowest BCUT2D eigenvalue weighted by Gasteiger charge is -2.30. The number of amides is 1. The molecule has 3 nitrogen and oxygen atoms in total. The van der Waals surface area contributed by atoms with Crippen molar-refractivity contribution in [2.75, 3.05) is 13.1 Å². The van der Waals surface area contributed by atoms with E-state index in [1.807, 2.05) is 32.0 Å². The van der Waals surface area contributed by atoms with E-state index in [-0.39, 0.29) is 5.91 Å². The Morgan fingerprint density at radius 2 is 1.76 bits per heavy atom. The second-order valence-electron chi connectivity index (χ2n) is 6.59. The molecular formula is C18H26N2O. The Labute approximate surface area is 127 Å². The molecule has 3 rings (SSSR count). The molecule has 1 aromatic carbocycles. The van der Waals surface area contributed by atoms with Gasteiger partial charge in [-0.3, -0.25) is 9.69 Å². The maximum Gasteiger partial charge on any atom is 0.252 e. The fourth-order valence-corrected chi connectivity index (χ4v) is 4.03. The van der Waals surface area contributed by atoms with Gasteiger partial charge in [0, 0.05) is 17.6 Å². The van der Waals surface area contributed by atoms with Gasteiger partial charge in [0.2, 0.25) is 0 Å². The average molecular weight is 286 g/mol. The molecule has 1 aliphatic carbocycles. The fourth-order valence-electron chi connectivity index (χ4n) is 4.03. The Balaban J connectivity index is 1.71. The normalized spacial score (nSPS) is 26.2. The standard InChI is InChI=1S/C18H26N2O/c1-13-7-5-8-14(2)17(13)18(21)19-15-9-6-10-16(15)20-11-3-4-12-20/h5,7-8,15-16H,3-4,6,9-12H2,1-2H3,(H,19,21)/t15-,16+/m1/s1. The van der Waals surface area contributed by atoms with Crippen LogP contribution in [-0.2, 0) is 0 Å². The summed E-state index contributed by atoms with van der Waals surface area (Å²) in [5, 5.41) is 3.32. The molecule has 1 heterocycles. The van der Waals surface area contributed by atoms with Crippen LogP contribution in [0.3, 0.4) is 0 Å². The van der Waals surface area contributed by atoms with Crippen LogP contribution in [0.2, 0.25) is 0 Å². The highest BCUT2D eigenvalue weighted by atomic mass is 16.1. The van der Waals surface area contributed by atoms with Crippen molar-refractivity contribution in [2.45, 2.75) is 58.0 Å². The van der Waals surface area contributed by atoms with Gasteiger partial charge in [-0.05, 0) is 70.2 Å². The second kappa shape index (κ2) is 6.18. The van der Waals surface area contributed by atoms with Crippen molar-refractivity contribution < 1.29 is 4.79 Å². The van der Waals surface area contributed by atoms with Crippen LogP contribution in [0.25, 0.3) is 0 Å². The van der Waals surface area contributed by atoms with Gasteiger partial charge in [-0.25, -0.2) is 0 Å². The minimum Gasteiger partial charge on any atom is -0.348 e. The molecule has 114 valence electrons. The van der Waals surface area contributed by atoms with E-state index in [0.717, 1.165) is 23.1 Å². The molecule has 0 aromatic heterocycles. The Bertz CT molecular complexity index is 500. The summed E-state index contributed by atoms with van der Waals surface area (Å²) >= 11 is 0. The van der Waals surface area contributed by atoms with Crippen LogP contribution in [0.4, 0.5) is 0 Å². The van der Waals surface area contributed by atoms with Gasteiger partial charge in [0.05, 0.1) is 0 Å². The summed E-state index contributed by atoms with van der Waals surface area (Å²) in [6, 6.07) is 6.95. The van der Waals surface area contributed by atoms with Crippen molar-refractivity contribution in [2.24, 2.45) is 0 Å². The minimum absolute atomic E-state index is 0.113. The van der Waals surface area contributed by atoms with Gasteiger partial charge in [-0.15, -0.1) is 0 Å². The smallest absolute Gasteiger partial charge is 0.252 e. The van der Waals surface area contributed by atoms with E-state index in [0.29, 0.717) is 12.1 Å². The van der Waals surface area contributed by atoms with Gasteiger partial charge in [0.1, 0.15) is 0 Å². The zero-order chi connectivity index (χ0) is 14.8. The Morgan fingerprint density at radius 3 is 2.43 bits per heavy atom. The zero-order valence-corrected chi connectivity index (χ0v) is 13.2. The molecule has 1 amide bonds. The molecule has 0 radical (unpaired) electrons. The summed E-state index contributed by atoms with van der Waals surface area (Å²) in [4.78, 5) is 15.3. The highest BCUT2D eigenvalue weighted by Gasteiger charge is 2.34. The van der Waals surface area contributed by atoms with E-state index in [4.69, 9.17) is 0 Å². The molecule has 1 aromatic rings. The van der Waals surface area contributed by atoms with Crippen LogP contribution in [0.5, 0.6) is 0 Å². The van der Waals surface area contributed by atoms with Gasteiger partial charge in [-0.1, -0.05) is 18.2 Å². The number of nitrogens with one attached hydrogen (secondary N) is 1. The van der Waals surface area contributed by atoms with Crippen LogP contribution in [0, 0.1) is 13.8 Å². The predicted molar refractivity (Wildman–Crippen MR) is 85.6 cm³/mol. The quantitative estimate of drug-likeness (QED) is 0.926. The lowest BCUT2D eigenvalue weighted by molar-refractivity contribution is 0.0911. The van der Waals surface area contributed by atoms with Gasteiger partial charge in [0.25, 0.3) is 5.91 Å². The van der Waals surface area contributed by atoms with E-state index in [1.165, 1.54) is 38.8 Å². The number of benzene rings is 1. The molecule has 0 spiro atoms. The predicted octanol–water partition coefficient (Wildman–Crippen LogP) is 3.05. The van der Waals surface area contributed by atoms with E-state index in [9.17, 15) is 4.79 Å². The minimum atomic E-state index is 0.113. The molecule has 1 aliphatic heterocycles. The first-order chi connectivity index (χ1) is 10.2. The average Bonchev–Trinajstić information content (AvgIpc) is 3.08. The van der Waals surface area contributed by atoms with Gasteiger partial charge in [-0.2, -0.15) is 0 Å². The molecular weight excluding hydrogens is 260 g/mol. The zero-order valence-electron chi connectivity index (χ0n) is 13.2. The summed E-state index contributed by atoms with van der Waals surface area (Å²) in [6.45, 7) is 6.46. The van der Waals surface area contributed by atoms with E-state index >= 15 is 0 Å². The molecule has 2 atom stereocenters. The van der Waals surface area contributed by atoms with E-state index in [2.05, 4.69) is 10.2 Å². The number of hydrogen-bond acceptors (Lipinski definition) is 2. The van der Waals surface area contributed by atoms with Crippen molar-refractivity contribution in [3.8, 4) is 0 Å². The van der Waals surface area contributed by atoms with Gasteiger partial charge in [0.15, 0.2) is 0 Å². The van der Waals surface area contributed by atoms with Crippen molar-refractivity contribution in [1.82, 2.24) is 10.2 Å². The highest BCUT2D eigenvalue weighted by Crippen LogP contribution is 2.27. The maximum atomic E-state index is 12.7. The second-order valence-corrected chi connectivity index (χ2v) is 6.59. The third kappa shape index (κ3) is 2.98. The highest BCUT2D eigenvalue weighted by molar-refractivity contribution is 5.97. The molecule has 3 heteroatoms. The number of aryl methyl sites for hydroxylation is 2. The molecule has 1 saturated carbocycles. The fraction of sp³-hybridized carbons (Fsp3) is 0.611. The van der Waals surface area contributed by atoms with Crippen LogP contribution in [-0.4, -0.2) is 36.0 Å². The Kier molecular flexibility index (Phi) is 4.29. The maximum absolute atomic E-state index is 12.7. The van der Waals surface area contributed by atoms with Crippen molar-refractivity contribution in [3.63, 3.8) is 0 Å². The first-order valence-electron chi connectivity index (χ1n) is 8.28. The molecule has 0 unspecified atom stereocenters. The molecule has 1 saturated heterocycles. The van der Waals surface area contributed by atoms with Gasteiger partial charge < -0.3 is 5.32 Å². The Morgan fingerprint density at radius 1 is 1.10 bits per heavy atom. The van der Waals surface area contributed by atoms with E-state index < -0.39 is 0 Å². The van der Waals surface area contributed by atoms with Crippen molar-refractivity contribution >= 4 is 5.91 Å². The number of rotatable bonds is 3. The third-order valence-corrected chi connectivity index (χ3v) is 5.11. The van der Waals surface area contributed by atoms with E-state index in [1.54, 1.807) is 0 Å². The van der Waals surface area contributed by atoms with Crippen LogP contribution in [0.15, 0.2) is 18.2 Å². The first-order valence-corrected chi connectivity index (χ1v) is 8.28. The monoisotopic (exact) mass is 286 g/mol. The van der Waals surface area contributed by atoms with Crippen molar-refractivity contribution in [1.29, 1.82) is 0 Å². The number of carbonyl (C=O) groups is 1. The molecule has 0 bridgehead atoms. The summed E-state index contributed by atoms with van der Waals surface area (Å²) in [5.41, 5.74) is 3.01. The van der Waals surface area contributed by atoms with Crippen molar-refractivity contribution in [3.05, 3.63) is 34.9 Å². The van der Waals surface area contributed by atoms with Crippen LogP contribution >= 0.6 is 0 Å². The molecule has 2 aliphatic rings. The summed E-state index contributed by atoms with van der Waals surface area (Å²) in [5.74, 6) is 0.113.